The van der Waals surface area contributed by atoms with Crippen LogP contribution >= 0.6 is 0 Å². The third-order valence-corrected chi connectivity index (χ3v) is 7.90. The van der Waals surface area contributed by atoms with Crippen molar-refractivity contribution >= 4 is 29.6 Å². The van der Waals surface area contributed by atoms with E-state index in [2.05, 4.69) is 21.3 Å². The molecule has 11 heteroatoms. The van der Waals surface area contributed by atoms with E-state index in [9.17, 15) is 24.0 Å². The molecule has 3 saturated heterocycles. The van der Waals surface area contributed by atoms with E-state index < -0.39 is 18.1 Å². The standard InChI is InChI=1S/C28H39N5O6/c1-17(29-2)25(35)32-22-9-4-3-8-20-10-12-23(33(20)28(22)38)27(37)30-15-18-6-5-7-19(14-18)26(36)31-16-21-11-13-24(34)39-21/h5-7,14,17,20-23,29H,3-4,8-13,15-16H2,1-2H3,(H,30,37)(H,31,36)(H,32,35)/t17-,20?,21+,22?,23?/m0/s1. The summed E-state index contributed by atoms with van der Waals surface area (Å²) in [6.07, 6.45) is 5.17. The molecule has 4 rings (SSSR count). The van der Waals surface area contributed by atoms with Crippen LogP contribution in [0.3, 0.4) is 0 Å². The van der Waals surface area contributed by atoms with Crippen molar-refractivity contribution in [2.24, 2.45) is 0 Å². The summed E-state index contributed by atoms with van der Waals surface area (Å²) in [4.78, 5) is 64.8. The number of cyclic esters (lactones) is 1. The second-order valence-electron chi connectivity index (χ2n) is 10.6. The average molecular weight is 542 g/mol. The molecule has 212 valence electrons. The van der Waals surface area contributed by atoms with Crippen LogP contribution < -0.4 is 21.3 Å². The van der Waals surface area contributed by atoms with Crippen molar-refractivity contribution in [1.29, 1.82) is 0 Å². The first-order valence-corrected chi connectivity index (χ1v) is 13.9. The minimum atomic E-state index is -0.646. The van der Waals surface area contributed by atoms with Gasteiger partial charge in [-0.2, -0.15) is 0 Å². The summed E-state index contributed by atoms with van der Waals surface area (Å²) < 4.78 is 5.13. The van der Waals surface area contributed by atoms with Gasteiger partial charge in [0.25, 0.3) is 5.91 Å². The number of fused-ring (bicyclic) bond motifs is 1. The monoisotopic (exact) mass is 541 g/mol. The predicted molar refractivity (Wildman–Crippen MR) is 142 cm³/mol. The molecule has 3 aliphatic rings. The summed E-state index contributed by atoms with van der Waals surface area (Å²) in [7, 11) is 1.69. The second kappa shape index (κ2) is 13.1. The number of nitrogens with one attached hydrogen (secondary N) is 4. The molecule has 0 saturated carbocycles. The van der Waals surface area contributed by atoms with Gasteiger partial charge in [-0.3, -0.25) is 24.0 Å². The fourth-order valence-electron chi connectivity index (χ4n) is 5.52. The Labute approximate surface area is 228 Å². The molecule has 1 aromatic carbocycles. The average Bonchev–Trinajstić information content (AvgIpc) is 3.55. The van der Waals surface area contributed by atoms with Crippen LogP contribution in [0.25, 0.3) is 0 Å². The number of esters is 1. The van der Waals surface area contributed by atoms with E-state index in [1.165, 1.54) is 0 Å². The van der Waals surface area contributed by atoms with Crippen LogP contribution in [0.15, 0.2) is 24.3 Å². The highest BCUT2D eigenvalue weighted by atomic mass is 16.5. The van der Waals surface area contributed by atoms with Gasteiger partial charge in [-0.1, -0.05) is 25.0 Å². The van der Waals surface area contributed by atoms with Crippen molar-refractivity contribution in [2.45, 2.75) is 95.1 Å². The maximum Gasteiger partial charge on any atom is 0.306 e. The van der Waals surface area contributed by atoms with E-state index in [1.54, 1.807) is 37.1 Å². The van der Waals surface area contributed by atoms with Crippen LogP contribution in [-0.4, -0.2) is 78.4 Å². The Bertz CT molecular complexity index is 1090. The fraction of sp³-hybridized carbons (Fsp3) is 0.607. The zero-order chi connectivity index (χ0) is 27.9. The lowest BCUT2D eigenvalue weighted by Crippen LogP contribution is -2.57. The minimum absolute atomic E-state index is 0.0131. The van der Waals surface area contributed by atoms with Gasteiger partial charge in [0.2, 0.25) is 17.7 Å². The Morgan fingerprint density at radius 3 is 2.59 bits per heavy atom. The Hall–Kier alpha value is -3.47. The van der Waals surface area contributed by atoms with Gasteiger partial charge in [-0.25, -0.2) is 0 Å². The maximum atomic E-state index is 13.5. The van der Waals surface area contributed by atoms with Crippen LogP contribution in [0.5, 0.6) is 0 Å². The SMILES string of the molecule is CN[C@@H](C)C(=O)NC1CCCCC2CCC(C(=O)NCc3cccc(C(=O)NC[C@H]4CCC(=O)O4)c3)N2C1=O. The lowest BCUT2D eigenvalue weighted by atomic mass is 9.98. The lowest BCUT2D eigenvalue weighted by molar-refractivity contribution is -0.144. The van der Waals surface area contributed by atoms with Gasteiger partial charge in [0.05, 0.1) is 12.6 Å². The van der Waals surface area contributed by atoms with Crippen molar-refractivity contribution in [3.05, 3.63) is 35.4 Å². The molecule has 0 aliphatic carbocycles. The number of rotatable bonds is 9. The number of ether oxygens (including phenoxy) is 1. The van der Waals surface area contributed by atoms with Crippen molar-refractivity contribution in [1.82, 2.24) is 26.2 Å². The van der Waals surface area contributed by atoms with Gasteiger partial charge in [-0.15, -0.1) is 0 Å². The van der Waals surface area contributed by atoms with Crippen molar-refractivity contribution in [3.8, 4) is 0 Å². The summed E-state index contributed by atoms with van der Waals surface area (Å²) in [5, 5.41) is 11.5. The number of nitrogens with zero attached hydrogens (tertiary/aromatic N) is 1. The number of carbonyl (C=O) groups excluding carboxylic acids is 5. The molecule has 3 fully saturated rings. The number of hydrogen-bond acceptors (Lipinski definition) is 7. The normalized spacial score (nSPS) is 25.6. The molecule has 0 aromatic heterocycles. The number of likely N-dealkylation sites (N-methyl/N-ethyl adjacent to an activating group) is 1. The van der Waals surface area contributed by atoms with Crippen LogP contribution in [0.1, 0.15) is 74.2 Å². The predicted octanol–water partition coefficient (Wildman–Crippen LogP) is 0.765. The zero-order valence-corrected chi connectivity index (χ0v) is 22.7. The quantitative estimate of drug-likeness (QED) is 0.338. The zero-order valence-electron chi connectivity index (χ0n) is 22.7. The van der Waals surface area contributed by atoms with Gasteiger partial charge < -0.3 is 30.9 Å². The largest absolute Gasteiger partial charge is 0.460 e. The first-order valence-electron chi connectivity index (χ1n) is 13.9. The van der Waals surface area contributed by atoms with Crippen molar-refractivity contribution < 1.29 is 28.7 Å². The van der Waals surface area contributed by atoms with E-state index in [0.29, 0.717) is 31.2 Å². The van der Waals surface area contributed by atoms with Gasteiger partial charge in [0.15, 0.2) is 0 Å². The molecule has 4 N–H and O–H groups in total. The third kappa shape index (κ3) is 7.14. The Balaban J connectivity index is 1.35. The molecule has 3 aliphatic heterocycles. The van der Waals surface area contributed by atoms with Crippen LogP contribution in [0.2, 0.25) is 0 Å². The number of hydrogen-bond donors (Lipinski definition) is 4. The summed E-state index contributed by atoms with van der Waals surface area (Å²) >= 11 is 0. The molecular weight excluding hydrogens is 502 g/mol. The number of carbonyl (C=O) groups is 5. The maximum absolute atomic E-state index is 13.5. The molecule has 0 bridgehead atoms. The van der Waals surface area contributed by atoms with E-state index in [4.69, 9.17) is 4.74 Å². The third-order valence-electron chi connectivity index (χ3n) is 7.90. The molecule has 3 heterocycles. The van der Waals surface area contributed by atoms with Crippen molar-refractivity contribution in [2.75, 3.05) is 13.6 Å². The highest BCUT2D eigenvalue weighted by Crippen LogP contribution is 2.31. The van der Waals surface area contributed by atoms with Gasteiger partial charge >= 0.3 is 5.97 Å². The molecule has 0 spiro atoms. The highest BCUT2D eigenvalue weighted by molar-refractivity contribution is 5.95. The second-order valence-corrected chi connectivity index (χ2v) is 10.6. The Morgan fingerprint density at radius 2 is 1.85 bits per heavy atom. The first-order chi connectivity index (χ1) is 18.8. The van der Waals surface area contributed by atoms with Gasteiger partial charge in [0.1, 0.15) is 18.2 Å². The molecule has 39 heavy (non-hydrogen) atoms. The topological polar surface area (TPSA) is 146 Å². The summed E-state index contributed by atoms with van der Waals surface area (Å²) in [5.41, 5.74) is 1.20. The van der Waals surface area contributed by atoms with E-state index >= 15 is 0 Å². The lowest BCUT2D eigenvalue weighted by Gasteiger charge is -2.35. The molecule has 3 unspecified atom stereocenters. The van der Waals surface area contributed by atoms with Crippen LogP contribution in [0, 0.1) is 0 Å². The van der Waals surface area contributed by atoms with Gasteiger partial charge in [-0.05, 0) is 63.8 Å². The van der Waals surface area contributed by atoms with E-state index in [1.807, 2.05) is 6.07 Å². The van der Waals surface area contributed by atoms with Gasteiger partial charge in [0, 0.05) is 24.6 Å². The summed E-state index contributed by atoms with van der Waals surface area (Å²) in [6.45, 7) is 2.21. The Morgan fingerprint density at radius 1 is 1.05 bits per heavy atom. The molecule has 1 aromatic rings. The van der Waals surface area contributed by atoms with E-state index in [0.717, 1.165) is 31.2 Å². The number of amides is 4. The van der Waals surface area contributed by atoms with Crippen LogP contribution in [0.4, 0.5) is 0 Å². The summed E-state index contributed by atoms with van der Waals surface area (Å²) in [6, 6.07) is 5.29. The molecular formula is C28H39N5O6. The van der Waals surface area contributed by atoms with Crippen molar-refractivity contribution in [3.63, 3.8) is 0 Å². The fourth-order valence-corrected chi connectivity index (χ4v) is 5.52. The smallest absolute Gasteiger partial charge is 0.306 e. The first kappa shape index (κ1) is 28.5. The highest BCUT2D eigenvalue weighted by Gasteiger charge is 2.43. The summed E-state index contributed by atoms with van der Waals surface area (Å²) in [5.74, 6) is -1.20. The Kier molecular flexibility index (Phi) is 9.55. The minimum Gasteiger partial charge on any atom is -0.460 e. The van der Waals surface area contributed by atoms with E-state index in [-0.39, 0.29) is 54.8 Å². The number of benzene rings is 1. The molecule has 5 atom stereocenters. The molecule has 4 amide bonds. The molecule has 11 nitrogen and oxygen atoms in total. The molecule has 0 radical (unpaired) electrons. The van der Waals surface area contributed by atoms with Crippen LogP contribution in [-0.2, 0) is 30.5 Å².